The monoisotopic (exact) mass is 231 g/mol. The fraction of sp³-hybridized carbons (Fsp3) is 0.231. The minimum Gasteiger partial charge on any atom is -0.319 e. The quantitative estimate of drug-likeness (QED) is 0.863. The molecule has 1 heterocycles. The second kappa shape index (κ2) is 4.22. The van der Waals surface area contributed by atoms with E-state index in [1.165, 1.54) is 12.1 Å². The van der Waals surface area contributed by atoms with Crippen molar-refractivity contribution < 1.29 is 4.39 Å². The van der Waals surface area contributed by atoms with E-state index < -0.39 is 5.54 Å². The van der Waals surface area contributed by atoms with Crippen LogP contribution in [0.3, 0.4) is 0 Å². The second-order valence-electron chi connectivity index (χ2n) is 4.53. The lowest BCUT2D eigenvalue weighted by atomic mass is 10.1. The highest BCUT2D eigenvalue weighted by atomic mass is 19.1. The number of aromatic nitrogens is 2. The summed E-state index contributed by atoms with van der Waals surface area (Å²) in [4.78, 5) is 8.39. The van der Waals surface area contributed by atoms with Gasteiger partial charge in [-0.15, -0.1) is 0 Å². The van der Waals surface area contributed by atoms with Gasteiger partial charge in [0.05, 0.1) is 5.54 Å². The largest absolute Gasteiger partial charge is 0.319 e. The smallest absolute Gasteiger partial charge is 0.147 e. The molecule has 0 radical (unpaired) electrons. The summed E-state index contributed by atoms with van der Waals surface area (Å²) in [6.45, 7) is 3.67. The highest BCUT2D eigenvalue weighted by molar-refractivity contribution is 5.61. The Morgan fingerprint density at radius 3 is 2.29 bits per heavy atom. The molecule has 0 saturated carbocycles. The maximum absolute atomic E-state index is 13.1. The number of nitrogens with two attached hydrogens (primary N) is 1. The molecule has 0 fully saturated rings. The zero-order valence-electron chi connectivity index (χ0n) is 9.81. The Labute approximate surface area is 99.5 Å². The fourth-order valence-electron chi connectivity index (χ4n) is 1.48. The number of hydrogen-bond acceptors (Lipinski definition) is 3. The zero-order chi connectivity index (χ0) is 12.5. The fourth-order valence-corrected chi connectivity index (χ4v) is 1.48. The summed E-state index contributed by atoms with van der Waals surface area (Å²) in [6, 6.07) is 6.33. The van der Waals surface area contributed by atoms with Crippen LogP contribution in [0.25, 0.3) is 11.1 Å². The van der Waals surface area contributed by atoms with E-state index in [0.29, 0.717) is 5.82 Å². The van der Waals surface area contributed by atoms with Gasteiger partial charge in [0.2, 0.25) is 0 Å². The van der Waals surface area contributed by atoms with E-state index >= 15 is 0 Å². The van der Waals surface area contributed by atoms with Crippen LogP contribution in [0.5, 0.6) is 0 Å². The first kappa shape index (κ1) is 11.7. The van der Waals surface area contributed by atoms with Crippen LogP contribution < -0.4 is 5.73 Å². The molecule has 4 heteroatoms. The van der Waals surface area contributed by atoms with E-state index in [1.807, 2.05) is 19.9 Å². The molecule has 0 aliphatic rings. The van der Waals surface area contributed by atoms with Crippen LogP contribution in [0.1, 0.15) is 19.7 Å². The molecule has 1 aromatic heterocycles. The molecular weight excluding hydrogens is 217 g/mol. The van der Waals surface area contributed by atoms with Gasteiger partial charge in [-0.3, -0.25) is 0 Å². The van der Waals surface area contributed by atoms with Crippen molar-refractivity contribution >= 4 is 0 Å². The molecule has 2 rings (SSSR count). The number of halogens is 1. The Morgan fingerprint density at radius 1 is 1.12 bits per heavy atom. The Bertz CT molecular complexity index is 515. The maximum Gasteiger partial charge on any atom is 0.147 e. The summed E-state index contributed by atoms with van der Waals surface area (Å²) in [6.07, 6.45) is 3.32. The number of hydrogen-bond donors (Lipinski definition) is 1. The molecule has 0 amide bonds. The molecule has 17 heavy (non-hydrogen) atoms. The van der Waals surface area contributed by atoms with Crippen LogP contribution in [-0.2, 0) is 5.54 Å². The van der Waals surface area contributed by atoms with Gasteiger partial charge in [0.15, 0.2) is 0 Å². The number of nitrogens with zero attached hydrogens (tertiary/aromatic N) is 2. The molecule has 0 saturated heterocycles. The van der Waals surface area contributed by atoms with E-state index in [0.717, 1.165) is 11.1 Å². The van der Waals surface area contributed by atoms with Gasteiger partial charge in [0.1, 0.15) is 11.6 Å². The summed E-state index contributed by atoms with van der Waals surface area (Å²) in [5.41, 5.74) is 6.85. The van der Waals surface area contributed by atoms with Crippen molar-refractivity contribution in [3.8, 4) is 11.1 Å². The minimum atomic E-state index is -0.569. The van der Waals surface area contributed by atoms with Gasteiger partial charge < -0.3 is 5.73 Å². The van der Waals surface area contributed by atoms with Crippen molar-refractivity contribution in [2.45, 2.75) is 19.4 Å². The molecule has 0 spiro atoms. The van der Waals surface area contributed by atoms with Gasteiger partial charge in [-0.2, -0.15) is 0 Å². The van der Waals surface area contributed by atoms with E-state index in [1.54, 1.807) is 18.5 Å². The predicted octanol–water partition coefficient (Wildman–Crippen LogP) is 2.48. The zero-order valence-corrected chi connectivity index (χ0v) is 9.81. The van der Waals surface area contributed by atoms with Crippen molar-refractivity contribution in [2.24, 2.45) is 5.73 Å². The summed E-state index contributed by atoms with van der Waals surface area (Å²) < 4.78 is 13.1. The van der Waals surface area contributed by atoms with Crippen LogP contribution in [0.2, 0.25) is 0 Å². The average Bonchev–Trinajstić information content (AvgIpc) is 2.28. The van der Waals surface area contributed by atoms with Gasteiger partial charge in [-0.1, -0.05) is 12.1 Å². The van der Waals surface area contributed by atoms with Crippen LogP contribution in [0.4, 0.5) is 4.39 Å². The van der Waals surface area contributed by atoms with Crippen molar-refractivity contribution in [3.63, 3.8) is 0 Å². The molecule has 1 aromatic carbocycles. The molecule has 3 nitrogen and oxygen atoms in total. The van der Waals surface area contributed by atoms with Crippen LogP contribution in [-0.4, -0.2) is 9.97 Å². The van der Waals surface area contributed by atoms with Crippen LogP contribution >= 0.6 is 0 Å². The molecule has 88 valence electrons. The highest BCUT2D eigenvalue weighted by Gasteiger charge is 2.17. The first-order chi connectivity index (χ1) is 7.97. The topological polar surface area (TPSA) is 51.8 Å². The van der Waals surface area contributed by atoms with E-state index in [-0.39, 0.29) is 5.82 Å². The van der Waals surface area contributed by atoms with Gasteiger partial charge in [-0.25, -0.2) is 14.4 Å². The second-order valence-corrected chi connectivity index (χ2v) is 4.53. The predicted molar refractivity (Wildman–Crippen MR) is 64.6 cm³/mol. The lowest BCUT2D eigenvalue weighted by Gasteiger charge is -2.16. The Kier molecular flexibility index (Phi) is 2.90. The van der Waals surface area contributed by atoms with E-state index in [4.69, 9.17) is 5.73 Å². The SMILES string of the molecule is CC(C)(N)c1ncc(-c2cccc(F)c2)cn1. The third-order valence-electron chi connectivity index (χ3n) is 2.39. The van der Waals surface area contributed by atoms with Crippen LogP contribution in [0, 0.1) is 5.82 Å². The molecule has 2 N–H and O–H groups in total. The maximum atomic E-state index is 13.1. The van der Waals surface area contributed by atoms with E-state index in [9.17, 15) is 4.39 Å². The Hall–Kier alpha value is -1.81. The summed E-state index contributed by atoms with van der Waals surface area (Å²) in [5, 5.41) is 0. The third kappa shape index (κ3) is 2.65. The van der Waals surface area contributed by atoms with Gasteiger partial charge >= 0.3 is 0 Å². The minimum absolute atomic E-state index is 0.272. The normalized spacial score (nSPS) is 11.5. The lowest BCUT2D eigenvalue weighted by Crippen LogP contribution is -2.31. The van der Waals surface area contributed by atoms with Crippen LogP contribution in [0.15, 0.2) is 36.7 Å². The highest BCUT2D eigenvalue weighted by Crippen LogP contribution is 2.20. The Balaban J connectivity index is 2.36. The molecular formula is C13H14FN3. The summed E-state index contributed by atoms with van der Waals surface area (Å²) in [5.74, 6) is 0.295. The van der Waals surface area contributed by atoms with Crippen molar-refractivity contribution in [2.75, 3.05) is 0 Å². The molecule has 0 aliphatic heterocycles. The van der Waals surface area contributed by atoms with E-state index in [2.05, 4.69) is 9.97 Å². The first-order valence-electron chi connectivity index (χ1n) is 5.34. The summed E-state index contributed by atoms with van der Waals surface area (Å²) in [7, 11) is 0. The average molecular weight is 231 g/mol. The summed E-state index contributed by atoms with van der Waals surface area (Å²) >= 11 is 0. The molecule has 0 unspecified atom stereocenters. The third-order valence-corrected chi connectivity index (χ3v) is 2.39. The van der Waals surface area contributed by atoms with Gasteiger partial charge in [0, 0.05) is 18.0 Å². The van der Waals surface area contributed by atoms with Gasteiger partial charge in [-0.05, 0) is 31.5 Å². The lowest BCUT2D eigenvalue weighted by molar-refractivity contribution is 0.514. The first-order valence-corrected chi connectivity index (χ1v) is 5.34. The standard InChI is InChI=1S/C13H14FN3/c1-13(2,15)12-16-7-10(8-17-12)9-4-3-5-11(14)6-9/h3-8H,15H2,1-2H3. The number of rotatable bonds is 2. The van der Waals surface area contributed by atoms with Gasteiger partial charge in [0.25, 0.3) is 0 Å². The molecule has 0 atom stereocenters. The molecule has 0 bridgehead atoms. The van der Waals surface area contributed by atoms with Crippen molar-refractivity contribution in [3.05, 3.63) is 48.3 Å². The van der Waals surface area contributed by atoms with Crippen molar-refractivity contribution in [1.29, 1.82) is 0 Å². The molecule has 0 aliphatic carbocycles. The number of benzene rings is 1. The Morgan fingerprint density at radius 2 is 1.76 bits per heavy atom. The molecule has 2 aromatic rings. The van der Waals surface area contributed by atoms with Crippen molar-refractivity contribution in [1.82, 2.24) is 9.97 Å².